The summed E-state index contributed by atoms with van der Waals surface area (Å²) >= 11 is 0. The Kier molecular flexibility index (Phi) is 5.47. The van der Waals surface area contributed by atoms with Crippen LogP contribution < -0.4 is 0 Å². The number of ether oxygens (including phenoxy) is 1. The second-order valence-electron chi connectivity index (χ2n) is 3.20. The van der Waals surface area contributed by atoms with Gasteiger partial charge in [-0.15, -0.1) is 10.2 Å². The molecule has 1 rings (SSSR count). The Hall–Kier alpha value is -1.57. The van der Waals surface area contributed by atoms with Crippen molar-refractivity contribution in [2.75, 3.05) is 13.2 Å². The van der Waals surface area contributed by atoms with E-state index in [-0.39, 0.29) is 37.7 Å². The van der Waals surface area contributed by atoms with Crippen molar-refractivity contribution in [3.63, 3.8) is 0 Å². The molecule has 0 aromatic carbocycles. The first-order valence-corrected chi connectivity index (χ1v) is 4.97. The van der Waals surface area contributed by atoms with Gasteiger partial charge in [0.1, 0.15) is 6.61 Å². The fraction of sp³-hybridized carbons (Fsp3) is 0.667. The van der Waals surface area contributed by atoms with E-state index in [0.29, 0.717) is 0 Å². The number of carbonyl (C=O) groups is 1. The largest absolute Gasteiger partial charge is 0.481 e. The highest BCUT2D eigenvalue weighted by Gasteiger charge is 2.08. The Morgan fingerprint density at radius 2 is 2.00 bits per heavy atom. The van der Waals surface area contributed by atoms with Crippen LogP contribution in [0.1, 0.15) is 18.2 Å². The summed E-state index contributed by atoms with van der Waals surface area (Å²) in [5, 5.41) is 15.7. The monoisotopic (exact) mass is 250 g/mol. The molecule has 1 aromatic heterocycles. The molecule has 0 aliphatic carbocycles. The molecule has 0 atom stereocenters. The van der Waals surface area contributed by atoms with Crippen molar-refractivity contribution >= 4 is 5.97 Å². The predicted octanol–water partition coefficient (Wildman–Crippen LogP) is 0.911. The summed E-state index contributed by atoms with van der Waals surface area (Å²) in [6, 6.07) is 0. The van der Waals surface area contributed by atoms with Gasteiger partial charge in [-0.25, -0.2) is 8.78 Å². The molecule has 0 spiro atoms. The Bertz CT molecular complexity index is 357. The zero-order valence-corrected chi connectivity index (χ0v) is 8.94. The number of alkyl halides is 2. The summed E-state index contributed by atoms with van der Waals surface area (Å²) in [5.41, 5.74) is 0. The van der Waals surface area contributed by atoms with Crippen LogP contribution in [0.15, 0.2) is 4.42 Å². The third kappa shape index (κ3) is 5.91. The molecule has 1 N–H and O–H groups in total. The van der Waals surface area contributed by atoms with Crippen LogP contribution in [0, 0.1) is 0 Å². The Morgan fingerprint density at radius 3 is 2.59 bits per heavy atom. The normalized spacial score (nSPS) is 11.0. The van der Waals surface area contributed by atoms with Gasteiger partial charge in [0.05, 0.1) is 13.0 Å². The van der Waals surface area contributed by atoms with E-state index in [1.807, 2.05) is 0 Å². The Balaban J connectivity index is 2.23. The Labute approximate surface area is 95.6 Å². The number of aryl methyl sites for hydroxylation is 1. The minimum atomic E-state index is -2.50. The average Bonchev–Trinajstić information content (AvgIpc) is 2.69. The van der Waals surface area contributed by atoms with Crippen LogP contribution in [0.5, 0.6) is 0 Å². The lowest BCUT2D eigenvalue weighted by molar-refractivity contribution is -0.137. The van der Waals surface area contributed by atoms with E-state index in [2.05, 4.69) is 14.9 Å². The first-order valence-electron chi connectivity index (χ1n) is 4.97. The van der Waals surface area contributed by atoms with E-state index in [1.165, 1.54) is 0 Å². The summed E-state index contributed by atoms with van der Waals surface area (Å²) in [5.74, 6) is -0.485. The molecule has 0 fully saturated rings. The second kappa shape index (κ2) is 6.89. The number of carboxylic acids is 1. The van der Waals surface area contributed by atoms with Crippen molar-refractivity contribution in [3.05, 3.63) is 11.8 Å². The van der Waals surface area contributed by atoms with E-state index in [1.54, 1.807) is 0 Å². The quantitative estimate of drug-likeness (QED) is 0.690. The fourth-order valence-corrected chi connectivity index (χ4v) is 1.04. The summed E-state index contributed by atoms with van der Waals surface area (Å²) in [6.45, 7) is -0.565. The van der Waals surface area contributed by atoms with Crippen molar-refractivity contribution in [1.82, 2.24) is 10.2 Å². The molecule has 8 heteroatoms. The molecule has 0 aliphatic rings. The van der Waals surface area contributed by atoms with Gasteiger partial charge in [-0.3, -0.25) is 4.79 Å². The van der Waals surface area contributed by atoms with Crippen LogP contribution in [-0.2, 0) is 22.4 Å². The maximum atomic E-state index is 11.7. The van der Waals surface area contributed by atoms with Crippen LogP contribution in [-0.4, -0.2) is 40.9 Å². The van der Waals surface area contributed by atoms with Crippen molar-refractivity contribution in [1.29, 1.82) is 0 Å². The molecule has 0 saturated heterocycles. The van der Waals surface area contributed by atoms with Crippen molar-refractivity contribution < 1.29 is 27.8 Å². The molecule has 0 aliphatic heterocycles. The summed E-state index contributed by atoms with van der Waals surface area (Å²) < 4.78 is 33.1. The lowest BCUT2D eigenvalue weighted by atomic mass is 10.3. The third-order valence-electron chi connectivity index (χ3n) is 1.77. The second-order valence-corrected chi connectivity index (χ2v) is 3.20. The minimum Gasteiger partial charge on any atom is -0.481 e. The average molecular weight is 250 g/mol. The molecule has 0 radical (unpaired) electrons. The topological polar surface area (TPSA) is 85.5 Å². The number of carboxylic acid groups (broad SMARTS) is 1. The molecule has 0 amide bonds. The van der Waals surface area contributed by atoms with Gasteiger partial charge in [0.25, 0.3) is 6.43 Å². The number of nitrogens with zero attached hydrogens (tertiary/aromatic N) is 2. The van der Waals surface area contributed by atoms with Gasteiger partial charge in [0.2, 0.25) is 11.8 Å². The highest BCUT2D eigenvalue weighted by molar-refractivity contribution is 5.66. The third-order valence-corrected chi connectivity index (χ3v) is 1.77. The molecular weight excluding hydrogens is 238 g/mol. The standard InChI is InChI=1S/C9H12F2N2O4/c10-6(11)5-16-4-3-8-13-12-7(17-8)1-2-9(14)15/h6H,1-5H2,(H,14,15). The van der Waals surface area contributed by atoms with Crippen LogP contribution in [0.3, 0.4) is 0 Å². The van der Waals surface area contributed by atoms with Gasteiger partial charge >= 0.3 is 5.97 Å². The number of hydrogen-bond donors (Lipinski definition) is 1. The maximum absolute atomic E-state index is 11.7. The molecule has 96 valence electrons. The SMILES string of the molecule is O=C(O)CCc1nnc(CCOCC(F)F)o1. The fourth-order valence-electron chi connectivity index (χ4n) is 1.04. The number of rotatable bonds is 8. The smallest absolute Gasteiger partial charge is 0.303 e. The highest BCUT2D eigenvalue weighted by atomic mass is 19.3. The zero-order valence-electron chi connectivity index (χ0n) is 8.94. The molecule has 0 unspecified atom stereocenters. The lowest BCUT2D eigenvalue weighted by Crippen LogP contribution is -2.07. The zero-order chi connectivity index (χ0) is 12.7. The molecule has 1 heterocycles. The van der Waals surface area contributed by atoms with Crippen LogP contribution in [0.25, 0.3) is 0 Å². The molecule has 17 heavy (non-hydrogen) atoms. The van der Waals surface area contributed by atoms with Crippen LogP contribution >= 0.6 is 0 Å². The molecular formula is C9H12F2N2O4. The van der Waals surface area contributed by atoms with E-state index >= 15 is 0 Å². The molecule has 1 aromatic rings. The first kappa shape index (κ1) is 13.5. The van der Waals surface area contributed by atoms with Crippen molar-refractivity contribution in [3.8, 4) is 0 Å². The van der Waals surface area contributed by atoms with Gasteiger partial charge in [-0.2, -0.15) is 0 Å². The number of hydrogen-bond acceptors (Lipinski definition) is 5. The molecule has 0 bridgehead atoms. The molecule has 6 nitrogen and oxygen atoms in total. The van der Waals surface area contributed by atoms with Crippen molar-refractivity contribution in [2.45, 2.75) is 25.7 Å². The van der Waals surface area contributed by atoms with Crippen molar-refractivity contribution in [2.24, 2.45) is 0 Å². The first-order chi connectivity index (χ1) is 8.08. The highest BCUT2D eigenvalue weighted by Crippen LogP contribution is 2.04. The van der Waals surface area contributed by atoms with Gasteiger partial charge < -0.3 is 14.3 Å². The minimum absolute atomic E-state index is 0.0604. The maximum Gasteiger partial charge on any atom is 0.303 e. The number of halogens is 2. The summed E-state index contributed by atoms with van der Waals surface area (Å²) in [6.07, 6.45) is -2.21. The lowest BCUT2D eigenvalue weighted by Gasteiger charge is -1.99. The van der Waals surface area contributed by atoms with Gasteiger partial charge in [-0.1, -0.05) is 0 Å². The number of aromatic nitrogens is 2. The van der Waals surface area contributed by atoms with Gasteiger partial charge in [0, 0.05) is 12.8 Å². The van der Waals surface area contributed by atoms with Gasteiger partial charge in [-0.05, 0) is 0 Å². The van der Waals surface area contributed by atoms with E-state index < -0.39 is 19.0 Å². The summed E-state index contributed by atoms with van der Waals surface area (Å²) in [4.78, 5) is 10.3. The Morgan fingerprint density at radius 1 is 1.35 bits per heavy atom. The summed E-state index contributed by atoms with van der Waals surface area (Å²) in [7, 11) is 0. The van der Waals surface area contributed by atoms with Gasteiger partial charge in [0.15, 0.2) is 0 Å². The van der Waals surface area contributed by atoms with E-state index in [4.69, 9.17) is 9.52 Å². The van der Waals surface area contributed by atoms with E-state index in [0.717, 1.165) is 0 Å². The van der Waals surface area contributed by atoms with Crippen LogP contribution in [0.4, 0.5) is 8.78 Å². The number of aliphatic carboxylic acids is 1. The van der Waals surface area contributed by atoms with Crippen LogP contribution in [0.2, 0.25) is 0 Å². The molecule has 0 saturated carbocycles. The predicted molar refractivity (Wildman–Crippen MR) is 50.8 cm³/mol. The van der Waals surface area contributed by atoms with E-state index in [9.17, 15) is 13.6 Å².